The molecule has 0 aromatic carbocycles. The van der Waals surface area contributed by atoms with Crippen molar-refractivity contribution < 1.29 is 9.53 Å². The van der Waals surface area contributed by atoms with Gasteiger partial charge in [-0.2, -0.15) is 0 Å². The molecule has 2 rings (SSSR count). The minimum atomic E-state index is -0.658. The largest absolute Gasteiger partial charge is 0.379 e. The lowest BCUT2D eigenvalue weighted by Gasteiger charge is -2.31. The summed E-state index contributed by atoms with van der Waals surface area (Å²) in [7, 11) is 0. The first-order valence-electron chi connectivity index (χ1n) is 5.92. The van der Waals surface area contributed by atoms with Crippen molar-refractivity contribution in [2.75, 3.05) is 13.2 Å². The summed E-state index contributed by atoms with van der Waals surface area (Å²) >= 11 is 1.53. The molecule has 2 unspecified atom stereocenters. The van der Waals surface area contributed by atoms with Crippen LogP contribution in [0, 0.1) is 5.41 Å². The number of hydrogen-bond acceptors (Lipinski definition) is 5. The Hall–Kier alpha value is -0.980. The number of thiazole rings is 1. The van der Waals surface area contributed by atoms with Gasteiger partial charge < -0.3 is 15.8 Å². The van der Waals surface area contributed by atoms with Crippen LogP contribution in [0.15, 0.2) is 11.6 Å². The molecule has 2 atom stereocenters. The number of hydrogen-bond donors (Lipinski definition) is 2. The van der Waals surface area contributed by atoms with E-state index in [1.54, 1.807) is 6.20 Å². The number of nitrogens with zero attached hydrogens (tertiary/aromatic N) is 1. The summed E-state index contributed by atoms with van der Waals surface area (Å²) in [6.07, 6.45) is 1.74. The Labute approximate surface area is 111 Å². The van der Waals surface area contributed by atoms with Gasteiger partial charge in [-0.25, -0.2) is 4.98 Å². The fraction of sp³-hybridized carbons (Fsp3) is 0.667. The molecule has 1 amide bonds. The number of carbonyl (C=O) groups excluding carboxylic acids is 1. The number of ether oxygens (including phenoxy) is 1. The van der Waals surface area contributed by atoms with Gasteiger partial charge in [0.05, 0.1) is 24.2 Å². The van der Waals surface area contributed by atoms with Gasteiger partial charge in [0, 0.05) is 17.6 Å². The summed E-state index contributed by atoms with van der Waals surface area (Å²) in [6, 6.07) is -0.260. The van der Waals surface area contributed by atoms with E-state index >= 15 is 0 Å². The molecule has 1 aliphatic rings. The molecule has 3 N–H and O–H groups in total. The maximum absolute atomic E-state index is 12.4. The predicted octanol–water partition coefficient (Wildman–Crippen LogP) is 0.858. The third-order valence-electron chi connectivity index (χ3n) is 3.43. The van der Waals surface area contributed by atoms with Crippen LogP contribution in [0.4, 0.5) is 0 Å². The molecule has 1 aliphatic heterocycles. The van der Waals surface area contributed by atoms with Gasteiger partial charge >= 0.3 is 0 Å². The second-order valence-electron chi connectivity index (χ2n) is 5.46. The lowest BCUT2D eigenvalue weighted by atomic mass is 9.84. The van der Waals surface area contributed by atoms with Crippen LogP contribution in [-0.4, -0.2) is 30.1 Å². The third-order valence-corrected chi connectivity index (χ3v) is 4.53. The molecule has 100 valence electrons. The van der Waals surface area contributed by atoms with E-state index in [4.69, 9.17) is 10.5 Å². The zero-order valence-electron chi connectivity index (χ0n) is 10.9. The zero-order valence-corrected chi connectivity index (χ0v) is 11.7. The predicted molar refractivity (Wildman–Crippen MR) is 70.2 cm³/mol. The minimum Gasteiger partial charge on any atom is -0.379 e. The molecule has 0 radical (unpaired) electrons. The van der Waals surface area contributed by atoms with Crippen LogP contribution in [-0.2, 0) is 15.1 Å². The molecule has 0 aliphatic carbocycles. The normalized spacial score (nSPS) is 28.3. The average Bonchev–Trinajstić information content (AvgIpc) is 2.90. The van der Waals surface area contributed by atoms with Gasteiger partial charge in [0.2, 0.25) is 5.91 Å². The molecular formula is C12H19N3O2S. The van der Waals surface area contributed by atoms with Gasteiger partial charge in [0.1, 0.15) is 5.01 Å². The molecule has 1 fully saturated rings. The summed E-state index contributed by atoms with van der Waals surface area (Å²) in [6.45, 7) is 6.52. The molecule has 6 heteroatoms. The average molecular weight is 269 g/mol. The number of aromatic nitrogens is 1. The number of nitrogens with one attached hydrogen (secondary N) is 1. The Kier molecular flexibility index (Phi) is 3.44. The smallest absolute Gasteiger partial charge is 0.230 e. The van der Waals surface area contributed by atoms with Crippen molar-refractivity contribution in [2.45, 2.75) is 32.4 Å². The number of carbonyl (C=O) groups is 1. The summed E-state index contributed by atoms with van der Waals surface area (Å²) < 4.78 is 5.30. The molecular weight excluding hydrogens is 250 g/mol. The van der Waals surface area contributed by atoms with Gasteiger partial charge in [0.25, 0.3) is 0 Å². The molecule has 0 bridgehead atoms. The fourth-order valence-corrected chi connectivity index (χ4v) is 2.65. The molecule has 18 heavy (non-hydrogen) atoms. The van der Waals surface area contributed by atoms with Crippen LogP contribution in [0.2, 0.25) is 0 Å². The van der Waals surface area contributed by atoms with Crippen LogP contribution in [0.5, 0.6) is 0 Å². The molecule has 2 heterocycles. The Balaban J connectivity index is 2.12. The highest BCUT2D eigenvalue weighted by atomic mass is 32.1. The Bertz CT molecular complexity index is 433. The van der Waals surface area contributed by atoms with Crippen molar-refractivity contribution >= 4 is 17.2 Å². The first-order chi connectivity index (χ1) is 8.36. The molecule has 1 saturated heterocycles. The second-order valence-corrected chi connectivity index (χ2v) is 6.35. The highest BCUT2D eigenvalue weighted by Crippen LogP contribution is 2.30. The van der Waals surface area contributed by atoms with E-state index in [0.29, 0.717) is 13.2 Å². The summed E-state index contributed by atoms with van der Waals surface area (Å²) in [4.78, 5) is 16.6. The second kappa shape index (κ2) is 4.60. The molecule has 0 saturated carbocycles. The van der Waals surface area contributed by atoms with Gasteiger partial charge in [-0.05, 0) is 20.8 Å². The first-order valence-corrected chi connectivity index (χ1v) is 6.80. The molecule has 1 aromatic heterocycles. The highest BCUT2D eigenvalue weighted by molar-refractivity contribution is 7.09. The monoisotopic (exact) mass is 269 g/mol. The zero-order chi connectivity index (χ0) is 13.4. The maximum Gasteiger partial charge on any atom is 0.230 e. The minimum absolute atomic E-state index is 0.0762. The van der Waals surface area contributed by atoms with Crippen LogP contribution in [0.1, 0.15) is 25.8 Å². The van der Waals surface area contributed by atoms with Gasteiger partial charge in [0.15, 0.2) is 0 Å². The van der Waals surface area contributed by atoms with Crippen molar-refractivity contribution in [3.63, 3.8) is 0 Å². The van der Waals surface area contributed by atoms with Crippen LogP contribution in [0.3, 0.4) is 0 Å². The molecule has 1 aromatic rings. The van der Waals surface area contributed by atoms with Crippen molar-refractivity contribution in [3.05, 3.63) is 16.6 Å². The lowest BCUT2D eigenvalue weighted by Crippen LogP contribution is -2.54. The van der Waals surface area contributed by atoms with Gasteiger partial charge in [-0.15, -0.1) is 11.3 Å². The Morgan fingerprint density at radius 2 is 2.44 bits per heavy atom. The van der Waals surface area contributed by atoms with Gasteiger partial charge in [-0.3, -0.25) is 4.79 Å². The van der Waals surface area contributed by atoms with E-state index in [1.165, 1.54) is 11.3 Å². The number of amides is 1. The fourth-order valence-electron chi connectivity index (χ4n) is 1.94. The molecule has 0 spiro atoms. The third kappa shape index (κ3) is 2.28. The number of nitrogens with two attached hydrogens (primary N) is 1. The quantitative estimate of drug-likeness (QED) is 0.853. The number of rotatable bonds is 3. The van der Waals surface area contributed by atoms with Crippen LogP contribution in [0.25, 0.3) is 0 Å². The summed E-state index contributed by atoms with van der Waals surface area (Å²) in [5.41, 5.74) is 4.81. The Morgan fingerprint density at radius 1 is 1.72 bits per heavy atom. The van der Waals surface area contributed by atoms with Crippen LogP contribution >= 0.6 is 11.3 Å². The van der Waals surface area contributed by atoms with Crippen molar-refractivity contribution in [1.29, 1.82) is 0 Å². The Morgan fingerprint density at radius 3 is 2.94 bits per heavy atom. The van der Waals surface area contributed by atoms with E-state index in [1.807, 2.05) is 26.2 Å². The van der Waals surface area contributed by atoms with Crippen molar-refractivity contribution in [1.82, 2.24) is 10.3 Å². The topological polar surface area (TPSA) is 77.2 Å². The SMILES string of the molecule is CC(C)(NC(=O)C1(C)COCC1N)c1nccs1. The summed E-state index contributed by atoms with van der Waals surface area (Å²) in [5, 5.41) is 5.80. The molecule has 5 nitrogen and oxygen atoms in total. The lowest BCUT2D eigenvalue weighted by molar-refractivity contribution is -0.132. The van der Waals surface area contributed by atoms with E-state index in [0.717, 1.165) is 5.01 Å². The van der Waals surface area contributed by atoms with E-state index in [2.05, 4.69) is 10.3 Å². The summed E-state index contributed by atoms with van der Waals surface area (Å²) in [5.74, 6) is -0.0762. The standard InChI is InChI=1S/C12H19N3O2S/c1-11(2,10-14-4-5-18-10)15-9(16)12(3)7-17-6-8(12)13/h4-5,8H,6-7,13H2,1-3H3,(H,15,16). The highest BCUT2D eigenvalue weighted by Gasteiger charge is 2.46. The van der Waals surface area contributed by atoms with Gasteiger partial charge in [-0.1, -0.05) is 0 Å². The van der Waals surface area contributed by atoms with Crippen molar-refractivity contribution in [2.24, 2.45) is 11.1 Å². The van der Waals surface area contributed by atoms with Crippen molar-refractivity contribution in [3.8, 4) is 0 Å². The first kappa shape index (κ1) is 13.5. The van der Waals surface area contributed by atoms with Crippen LogP contribution < -0.4 is 11.1 Å². The maximum atomic E-state index is 12.4. The van der Waals surface area contributed by atoms with E-state index in [9.17, 15) is 4.79 Å². The van der Waals surface area contributed by atoms with E-state index in [-0.39, 0.29) is 11.9 Å². The van der Waals surface area contributed by atoms with E-state index < -0.39 is 11.0 Å².